The van der Waals surface area contributed by atoms with Crippen LogP contribution in [-0.2, 0) is 16.6 Å². The highest BCUT2D eigenvalue weighted by Gasteiger charge is 2.30. The van der Waals surface area contributed by atoms with Crippen LogP contribution in [0.2, 0.25) is 0 Å². The van der Waals surface area contributed by atoms with Gasteiger partial charge in [-0.15, -0.1) is 0 Å². The van der Waals surface area contributed by atoms with Crippen molar-refractivity contribution in [3.05, 3.63) is 11.9 Å². The van der Waals surface area contributed by atoms with Crippen LogP contribution in [0, 0.1) is 6.92 Å². The average Bonchev–Trinajstić information content (AvgIpc) is 2.59. The molecule has 2 rings (SSSR count). The Labute approximate surface area is 81.3 Å². The van der Waals surface area contributed by atoms with E-state index in [9.17, 15) is 9.59 Å². The van der Waals surface area contributed by atoms with Gasteiger partial charge in [-0.1, -0.05) is 0 Å². The molecule has 1 fully saturated rings. The topological polar surface area (TPSA) is 55.2 Å². The van der Waals surface area contributed by atoms with E-state index in [0.717, 1.165) is 11.4 Å². The van der Waals surface area contributed by atoms with Gasteiger partial charge < -0.3 is 4.90 Å². The monoisotopic (exact) mass is 193 g/mol. The van der Waals surface area contributed by atoms with Gasteiger partial charge in [0.05, 0.1) is 30.5 Å². The summed E-state index contributed by atoms with van der Waals surface area (Å²) in [5.74, 6) is -0.163. The Hall–Kier alpha value is -1.65. The summed E-state index contributed by atoms with van der Waals surface area (Å²) in [6, 6.07) is 0. The Balaban J connectivity index is 2.36. The van der Waals surface area contributed by atoms with Gasteiger partial charge in [-0.25, -0.2) is 0 Å². The number of aromatic nitrogens is 2. The van der Waals surface area contributed by atoms with Gasteiger partial charge in [0.1, 0.15) is 0 Å². The predicted octanol–water partition coefficient (Wildman–Crippen LogP) is 0.0343. The quantitative estimate of drug-likeness (QED) is 0.591. The normalized spacial score (nSPS) is 16.9. The van der Waals surface area contributed by atoms with E-state index < -0.39 is 0 Å². The highest BCUT2D eigenvalue weighted by molar-refractivity contribution is 6.15. The lowest BCUT2D eigenvalue weighted by molar-refractivity contribution is -0.121. The first-order chi connectivity index (χ1) is 6.59. The van der Waals surface area contributed by atoms with E-state index >= 15 is 0 Å². The van der Waals surface area contributed by atoms with Crippen LogP contribution in [-0.4, -0.2) is 28.0 Å². The number of aryl methyl sites for hydroxylation is 1. The fourth-order valence-corrected chi connectivity index (χ4v) is 1.56. The maximum absolute atomic E-state index is 11.4. The summed E-state index contributed by atoms with van der Waals surface area (Å²) < 4.78 is 1.69. The molecule has 1 aromatic heterocycles. The Morgan fingerprint density at radius 3 is 2.57 bits per heavy atom. The molecule has 0 aromatic carbocycles. The summed E-state index contributed by atoms with van der Waals surface area (Å²) in [7, 11) is 1.81. The second-order valence-electron chi connectivity index (χ2n) is 3.43. The van der Waals surface area contributed by atoms with Crippen LogP contribution in [0.3, 0.4) is 0 Å². The first-order valence-electron chi connectivity index (χ1n) is 4.40. The maximum atomic E-state index is 11.4. The van der Waals surface area contributed by atoms with Crippen molar-refractivity contribution >= 4 is 17.4 Å². The second-order valence-corrected chi connectivity index (χ2v) is 3.43. The number of hydrogen-bond donors (Lipinski definition) is 0. The average molecular weight is 193 g/mol. The Kier molecular flexibility index (Phi) is 1.87. The number of ketones is 1. The van der Waals surface area contributed by atoms with Crippen LogP contribution < -0.4 is 4.90 Å². The minimum atomic E-state index is -0.133. The van der Waals surface area contributed by atoms with E-state index in [4.69, 9.17) is 0 Å². The largest absolute Gasteiger partial charge is 0.301 e. The molecule has 0 unspecified atom stereocenters. The van der Waals surface area contributed by atoms with Gasteiger partial charge >= 0.3 is 0 Å². The van der Waals surface area contributed by atoms with Gasteiger partial charge in [0.2, 0.25) is 5.91 Å². The number of nitrogens with zero attached hydrogens (tertiary/aromatic N) is 3. The molecule has 1 aliphatic heterocycles. The second kappa shape index (κ2) is 2.94. The van der Waals surface area contributed by atoms with Gasteiger partial charge in [-0.05, 0) is 6.92 Å². The zero-order valence-corrected chi connectivity index (χ0v) is 8.15. The summed E-state index contributed by atoms with van der Waals surface area (Å²) in [5.41, 5.74) is 1.64. The minimum absolute atomic E-state index is 0.0222. The molecule has 2 heterocycles. The van der Waals surface area contributed by atoms with Crippen LogP contribution in [0.5, 0.6) is 0 Å². The Morgan fingerprint density at radius 2 is 2.14 bits per heavy atom. The van der Waals surface area contributed by atoms with Crippen molar-refractivity contribution < 1.29 is 9.59 Å². The molecular formula is C9H11N3O2. The molecule has 5 heteroatoms. The highest BCUT2D eigenvalue weighted by Crippen LogP contribution is 2.22. The molecule has 0 bridgehead atoms. The van der Waals surface area contributed by atoms with Crippen LogP contribution in [0.25, 0.3) is 0 Å². The molecule has 0 radical (unpaired) electrons. The van der Waals surface area contributed by atoms with Crippen molar-refractivity contribution in [3.8, 4) is 0 Å². The smallest absolute Gasteiger partial charge is 0.235 e. The molecule has 0 saturated carbocycles. The molecule has 0 spiro atoms. The van der Waals surface area contributed by atoms with Crippen LogP contribution in [0.4, 0.5) is 5.69 Å². The Bertz CT molecular complexity index is 408. The number of amides is 1. The lowest BCUT2D eigenvalue weighted by Gasteiger charge is -2.13. The molecule has 0 N–H and O–H groups in total. The van der Waals surface area contributed by atoms with E-state index in [1.165, 1.54) is 4.90 Å². The number of carbonyl (C=O) groups is 2. The molecule has 0 aliphatic carbocycles. The summed E-state index contributed by atoms with van der Waals surface area (Å²) in [6.07, 6.45) is 1.64. The molecule has 14 heavy (non-hydrogen) atoms. The van der Waals surface area contributed by atoms with E-state index in [1.54, 1.807) is 17.9 Å². The molecule has 0 atom stereocenters. The zero-order valence-electron chi connectivity index (χ0n) is 8.15. The van der Waals surface area contributed by atoms with Gasteiger partial charge in [0.25, 0.3) is 0 Å². The number of carbonyl (C=O) groups excluding carboxylic acids is 2. The summed E-state index contributed by atoms with van der Waals surface area (Å²) in [6.45, 7) is 2.06. The lowest BCUT2D eigenvalue weighted by atomic mass is 10.3. The predicted molar refractivity (Wildman–Crippen MR) is 49.9 cm³/mol. The number of anilines is 1. The highest BCUT2D eigenvalue weighted by atomic mass is 16.2. The van der Waals surface area contributed by atoms with Gasteiger partial charge in [0.15, 0.2) is 5.78 Å². The van der Waals surface area contributed by atoms with Crippen molar-refractivity contribution in [2.24, 2.45) is 7.05 Å². The maximum Gasteiger partial charge on any atom is 0.235 e. The van der Waals surface area contributed by atoms with E-state index in [1.807, 2.05) is 6.92 Å². The van der Waals surface area contributed by atoms with Crippen LogP contribution in [0.1, 0.15) is 12.1 Å². The first-order valence-corrected chi connectivity index (χ1v) is 4.40. The van der Waals surface area contributed by atoms with Gasteiger partial charge in [-0.3, -0.25) is 14.3 Å². The molecule has 1 saturated heterocycles. The lowest BCUT2D eigenvalue weighted by Crippen LogP contribution is -2.24. The van der Waals surface area contributed by atoms with E-state index in [-0.39, 0.29) is 24.7 Å². The standard InChI is InChI=1S/C9H11N3O2/c1-6-8(4-10-11(6)2)12-5-7(13)3-9(12)14/h4H,3,5H2,1-2H3. The first kappa shape index (κ1) is 8.93. The zero-order chi connectivity index (χ0) is 10.3. The molecule has 1 aromatic rings. The van der Waals surface area contributed by atoms with Gasteiger partial charge in [0, 0.05) is 7.05 Å². The van der Waals surface area contributed by atoms with Crippen molar-refractivity contribution in [2.45, 2.75) is 13.3 Å². The van der Waals surface area contributed by atoms with Crippen molar-refractivity contribution in [2.75, 3.05) is 11.4 Å². The SMILES string of the molecule is Cc1c(N2CC(=O)CC2=O)cnn1C. The van der Waals surface area contributed by atoms with Crippen molar-refractivity contribution in [3.63, 3.8) is 0 Å². The molecule has 5 nitrogen and oxygen atoms in total. The van der Waals surface area contributed by atoms with Crippen molar-refractivity contribution in [1.29, 1.82) is 0 Å². The minimum Gasteiger partial charge on any atom is -0.301 e. The third-order valence-electron chi connectivity index (χ3n) is 2.48. The van der Waals surface area contributed by atoms with Gasteiger partial charge in [-0.2, -0.15) is 5.10 Å². The summed E-state index contributed by atoms with van der Waals surface area (Å²) in [5, 5.41) is 4.03. The number of Topliss-reactive ketones (excluding diaryl/α,β-unsaturated/α-hetero) is 1. The Morgan fingerprint density at radius 1 is 1.43 bits per heavy atom. The third-order valence-corrected chi connectivity index (χ3v) is 2.48. The van der Waals surface area contributed by atoms with Crippen LogP contribution >= 0.6 is 0 Å². The number of rotatable bonds is 1. The molecule has 1 amide bonds. The fourth-order valence-electron chi connectivity index (χ4n) is 1.56. The molecule has 1 aliphatic rings. The van der Waals surface area contributed by atoms with Crippen molar-refractivity contribution in [1.82, 2.24) is 9.78 Å². The third kappa shape index (κ3) is 1.21. The van der Waals surface area contributed by atoms with E-state index in [0.29, 0.717) is 0 Å². The fraction of sp³-hybridized carbons (Fsp3) is 0.444. The number of hydrogen-bond acceptors (Lipinski definition) is 3. The van der Waals surface area contributed by atoms with E-state index in [2.05, 4.69) is 5.10 Å². The molecular weight excluding hydrogens is 182 g/mol. The van der Waals surface area contributed by atoms with Crippen LogP contribution in [0.15, 0.2) is 6.20 Å². The summed E-state index contributed by atoms with van der Waals surface area (Å²) >= 11 is 0. The summed E-state index contributed by atoms with van der Waals surface area (Å²) in [4.78, 5) is 24.0. The molecule has 74 valence electrons.